The summed E-state index contributed by atoms with van der Waals surface area (Å²) in [5.41, 5.74) is 2.05. The molecule has 0 N–H and O–H groups in total. The Bertz CT molecular complexity index is 313. The monoisotopic (exact) mass is 242 g/mol. The molecule has 0 fully saturated rings. The van der Waals surface area contributed by atoms with Gasteiger partial charge >= 0.3 is 0 Å². The van der Waals surface area contributed by atoms with Gasteiger partial charge in [-0.05, 0) is 18.6 Å². The van der Waals surface area contributed by atoms with E-state index in [9.17, 15) is 0 Å². The summed E-state index contributed by atoms with van der Waals surface area (Å²) in [7, 11) is 0. The van der Waals surface area contributed by atoms with Crippen LogP contribution in [0.3, 0.4) is 0 Å². The third-order valence-corrected chi connectivity index (χ3v) is 2.10. The summed E-state index contributed by atoms with van der Waals surface area (Å²) in [4.78, 5) is 0. The molecule has 12 heavy (non-hydrogen) atoms. The number of hydrogen-bond donors (Lipinski definition) is 0. The van der Waals surface area contributed by atoms with E-state index in [0.29, 0.717) is 5.33 Å². The van der Waals surface area contributed by atoms with Crippen LogP contribution in [0.5, 0.6) is 0 Å². The van der Waals surface area contributed by atoms with Crippen molar-refractivity contribution in [2.45, 2.75) is 6.92 Å². The number of benzene rings is 1. The van der Waals surface area contributed by atoms with Gasteiger partial charge in [-0.15, -0.1) is 0 Å². The first-order chi connectivity index (χ1) is 5.75. The van der Waals surface area contributed by atoms with E-state index in [4.69, 9.17) is 11.6 Å². The second-order valence-corrected chi connectivity index (χ2v) is 3.34. The molecule has 2 heteroatoms. The van der Waals surface area contributed by atoms with Crippen molar-refractivity contribution in [2.24, 2.45) is 0 Å². The normalized spacial score (nSPS) is 8.92. The zero-order chi connectivity index (χ0) is 8.97. The van der Waals surface area contributed by atoms with Gasteiger partial charge in [0.2, 0.25) is 0 Å². The van der Waals surface area contributed by atoms with Crippen LogP contribution in [-0.4, -0.2) is 5.33 Å². The number of aryl methyl sites for hydroxylation is 1. The number of hydrogen-bond acceptors (Lipinski definition) is 0. The summed E-state index contributed by atoms with van der Waals surface area (Å²) < 4.78 is 0. The van der Waals surface area contributed by atoms with E-state index >= 15 is 0 Å². The van der Waals surface area contributed by atoms with Gasteiger partial charge in [0.1, 0.15) is 0 Å². The van der Waals surface area contributed by atoms with Gasteiger partial charge < -0.3 is 0 Å². The van der Waals surface area contributed by atoms with E-state index in [2.05, 4.69) is 27.8 Å². The Morgan fingerprint density at radius 1 is 1.50 bits per heavy atom. The van der Waals surface area contributed by atoms with E-state index < -0.39 is 0 Å². The van der Waals surface area contributed by atoms with Crippen molar-refractivity contribution in [3.05, 3.63) is 34.3 Å². The maximum atomic E-state index is 5.95. The van der Waals surface area contributed by atoms with E-state index in [0.717, 1.165) is 16.1 Å². The molecule has 0 aliphatic rings. The highest BCUT2D eigenvalue weighted by Gasteiger charge is 1.98. The quantitative estimate of drug-likeness (QED) is 0.484. The fourth-order valence-electron chi connectivity index (χ4n) is 0.912. The summed E-state index contributed by atoms with van der Waals surface area (Å²) in [5.74, 6) is 5.93. The van der Waals surface area contributed by atoms with Crippen molar-refractivity contribution in [3.8, 4) is 11.8 Å². The largest absolute Gasteiger partial charge is 0.0862 e. The lowest BCUT2D eigenvalue weighted by molar-refractivity contribution is 1.44. The Balaban J connectivity index is 3.13. The molecule has 0 aromatic heterocycles. The molecule has 0 unspecified atom stereocenters. The van der Waals surface area contributed by atoms with Gasteiger partial charge in [-0.2, -0.15) is 0 Å². The third kappa shape index (κ3) is 2.27. The predicted octanol–water partition coefficient (Wildman–Crippen LogP) is 3.39. The summed E-state index contributed by atoms with van der Waals surface area (Å²) in [6, 6.07) is 5.79. The summed E-state index contributed by atoms with van der Waals surface area (Å²) in [5, 5.41) is 1.40. The van der Waals surface area contributed by atoms with Crippen molar-refractivity contribution in [1.29, 1.82) is 0 Å². The lowest BCUT2D eigenvalue weighted by Crippen LogP contribution is -1.82. The molecule has 0 amide bonds. The summed E-state index contributed by atoms with van der Waals surface area (Å²) in [6.07, 6.45) is 0. The Kier molecular flexibility index (Phi) is 3.65. The first-order valence-electron chi connectivity index (χ1n) is 3.55. The van der Waals surface area contributed by atoms with E-state index in [1.54, 1.807) is 0 Å². The molecular weight excluding hydrogens is 235 g/mol. The van der Waals surface area contributed by atoms with Crippen LogP contribution in [0.1, 0.15) is 11.1 Å². The van der Waals surface area contributed by atoms with Gasteiger partial charge in [0, 0.05) is 5.56 Å². The Labute approximate surface area is 86.1 Å². The van der Waals surface area contributed by atoms with Crippen LogP contribution >= 0.6 is 27.5 Å². The van der Waals surface area contributed by atoms with Gasteiger partial charge in [-0.1, -0.05) is 51.5 Å². The van der Waals surface area contributed by atoms with Crippen LogP contribution in [-0.2, 0) is 0 Å². The van der Waals surface area contributed by atoms with Crippen LogP contribution in [0.25, 0.3) is 0 Å². The molecule has 0 radical (unpaired) electrons. The molecule has 62 valence electrons. The molecule has 0 saturated carbocycles. The lowest BCUT2D eigenvalue weighted by atomic mass is 10.1. The third-order valence-electron chi connectivity index (χ3n) is 1.50. The second-order valence-electron chi connectivity index (χ2n) is 2.37. The second kappa shape index (κ2) is 4.54. The highest BCUT2D eigenvalue weighted by atomic mass is 79.9. The fraction of sp³-hybridized carbons (Fsp3) is 0.200. The minimum absolute atomic E-state index is 0.678. The molecule has 0 nitrogen and oxygen atoms in total. The summed E-state index contributed by atoms with van der Waals surface area (Å²) in [6.45, 7) is 2.00. The van der Waals surface area contributed by atoms with E-state index in [1.165, 1.54) is 0 Å². The van der Waals surface area contributed by atoms with Crippen LogP contribution < -0.4 is 0 Å². The zero-order valence-electron chi connectivity index (χ0n) is 6.70. The zero-order valence-corrected chi connectivity index (χ0v) is 9.04. The Morgan fingerprint density at radius 2 is 2.25 bits per heavy atom. The topological polar surface area (TPSA) is 0 Å². The molecule has 0 heterocycles. The van der Waals surface area contributed by atoms with Crippen LogP contribution in [0, 0.1) is 18.8 Å². The molecule has 0 saturated heterocycles. The maximum Gasteiger partial charge on any atom is 0.0649 e. The molecule has 0 bridgehead atoms. The molecule has 0 aliphatic carbocycles. The van der Waals surface area contributed by atoms with Gasteiger partial charge in [-0.3, -0.25) is 0 Å². The van der Waals surface area contributed by atoms with Gasteiger partial charge in [0.05, 0.1) is 10.4 Å². The standard InChI is InChI=1S/C10H8BrCl/c1-8-4-2-6-10(12)9(8)5-3-7-11/h2,4,6H,7H2,1H3. The van der Waals surface area contributed by atoms with Gasteiger partial charge in [0.15, 0.2) is 0 Å². The lowest BCUT2D eigenvalue weighted by Gasteiger charge is -1.98. The molecule has 0 aliphatic heterocycles. The van der Waals surface area contributed by atoms with E-state index in [1.807, 2.05) is 25.1 Å². The first-order valence-corrected chi connectivity index (χ1v) is 5.05. The number of halogens is 2. The van der Waals surface area contributed by atoms with Crippen molar-refractivity contribution in [1.82, 2.24) is 0 Å². The smallest absolute Gasteiger partial charge is 0.0649 e. The van der Waals surface area contributed by atoms with Crippen molar-refractivity contribution < 1.29 is 0 Å². The van der Waals surface area contributed by atoms with Crippen LogP contribution in [0.4, 0.5) is 0 Å². The van der Waals surface area contributed by atoms with Crippen molar-refractivity contribution in [2.75, 3.05) is 5.33 Å². The van der Waals surface area contributed by atoms with Gasteiger partial charge in [0.25, 0.3) is 0 Å². The highest BCUT2D eigenvalue weighted by molar-refractivity contribution is 9.09. The molecule has 0 atom stereocenters. The number of alkyl halides is 1. The SMILES string of the molecule is Cc1cccc(Cl)c1C#CCBr. The van der Waals surface area contributed by atoms with Crippen LogP contribution in [0.2, 0.25) is 5.02 Å². The van der Waals surface area contributed by atoms with E-state index in [-0.39, 0.29) is 0 Å². The molecular formula is C10H8BrCl. The van der Waals surface area contributed by atoms with Crippen LogP contribution in [0.15, 0.2) is 18.2 Å². The van der Waals surface area contributed by atoms with Crippen molar-refractivity contribution in [3.63, 3.8) is 0 Å². The molecule has 1 aromatic carbocycles. The fourth-order valence-corrected chi connectivity index (χ4v) is 1.32. The minimum atomic E-state index is 0.678. The molecule has 0 spiro atoms. The summed E-state index contributed by atoms with van der Waals surface area (Å²) >= 11 is 9.19. The van der Waals surface area contributed by atoms with Gasteiger partial charge in [-0.25, -0.2) is 0 Å². The first kappa shape index (κ1) is 9.64. The predicted molar refractivity (Wildman–Crippen MR) is 56.9 cm³/mol. The molecule has 1 rings (SSSR count). The highest BCUT2D eigenvalue weighted by Crippen LogP contribution is 2.17. The van der Waals surface area contributed by atoms with Crippen molar-refractivity contribution >= 4 is 27.5 Å². The maximum absolute atomic E-state index is 5.95. The number of rotatable bonds is 0. The average Bonchev–Trinajstić information content (AvgIpc) is 2.04. The Morgan fingerprint density at radius 3 is 2.83 bits per heavy atom. The Hall–Kier alpha value is -0.450. The average molecular weight is 244 g/mol. The molecule has 1 aromatic rings. The minimum Gasteiger partial charge on any atom is -0.0862 e.